The first kappa shape index (κ1) is 23.0. The lowest BCUT2D eigenvalue weighted by Crippen LogP contribution is -2.43. The first-order valence-electron chi connectivity index (χ1n) is 11.1. The largest absolute Gasteiger partial charge is 0.724 e. The van der Waals surface area contributed by atoms with Crippen molar-refractivity contribution in [2.24, 2.45) is 5.92 Å². The van der Waals surface area contributed by atoms with E-state index in [1.807, 2.05) is 23.1 Å². The van der Waals surface area contributed by atoms with Crippen molar-refractivity contribution in [2.45, 2.75) is 18.9 Å². The molecule has 35 heavy (non-hydrogen) atoms. The highest BCUT2D eigenvalue weighted by atomic mass is 32.2. The van der Waals surface area contributed by atoms with Crippen LogP contribution >= 0.6 is 0 Å². The van der Waals surface area contributed by atoms with Crippen LogP contribution in [0.4, 0.5) is 11.8 Å². The van der Waals surface area contributed by atoms with Crippen molar-refractivity contribution in [3.8, 4) is 17.3 Å². The van der Waals surface area contributed by atoms with Crippen molar-refractivity contribution in [1.29, 1.82) is 5.26 Å². The Bertz CT molecular complexity index is 1420. The molecule has 1 fully saturated rings. The van der Waals surface area contributed by atoms with Crippen LogP contribution < -0.4 is 8.79 Å². The molecule has 0 bridgehead atoms. The molecule has 0 radical (unpaired) electrons. The Morgan fingerprint density at radius 3 is 3.00 bits per heavy atom. The maximum absolute atomic E-state index is 11.6. The number of H-pyrrole nitrogens is 1. The third kappa shape index (κ3) is 4.27. The molecule has 0 saturated carbocycles. The summed E-state index contributed by atoms with van der Waals surface area (Å²) in [5.41, 5.74) is 2.41. The fraction of sp³-hybridized carbons (Fsp3) is 0.364. The van der Waals surface area contributed by atoms with Crippen molar-refractivity contribution < 1.29 is 8.76 Å². The molecule has 12 nitrogen and oxygen atoms in total. The minimum absolute atomic E-state index is 0.120. The highest BCUT2D eigenvalue weighted by molar-refractivity contribution is 7.78. The first-order chi connectivity index (χ1) is 16.9. The third-order valence-corrected chi connectivity index (χ3v) is 7.35. The van der Waals surface area contributed by atoms with E-state index in [-0.39, 0.29) is 17.9 Å². The molecular formula is C22H24N10O2S. The summed E-state index contributed by atoms with van der Waals surface area (Å²) in [6.07, 6.45) is 9.79. The average molecular weight is 493 g/mol. The molecule has 0 amide bonds. The quantitative estimate of drug-likeness (QED) is 0.301. The van der Waals surface area contributed by atoms with Crippen LogP contribution in [0.25, 0.3) is 22.3 Å². The lowest BCUT2D eigenvalue weighted by Gasteiger charge is -2.28. The summed E-state index contributed by atoms with van der Waals surface area (Å²) < 4.78 is 24.6. The summed E-state index contributed by atoms with van der Waals surface area (Å²) in [7, 11) is 3.04. The number of aromatic nitrogens is 7. The Balaban J connectivity index is 1.38. The lowest BCUT2D eigenvalue weighted by atomic mass is 9.96. The molecule has 1 aliphatic rings. The Kier molecular flexibility index (Phi) is 6.01. The van der Waals surface area contributed by atoms with Gasteiger partial charge in [0.05, 0.1) is 44.5 Å². The predicted molar refractivity (Wildman–Crippen MR) is 129 cm³/mol. The van der Waals surface area contributed by atoms with Gasteiger partial charge in [0, 0.05) is 48.5 Å². The van der Waals surface area contributed by atoms with Gasteiger partial charge in [-0.2, -0.15) is 24.2 Å². The SMILES string of the molecule is C[N+](C)(c1nccc(N2CCC(C(CC#N)n3cc(-c4ncnc5[nH]ccc45)cn3)C2)n1)S(=O)[O-]. The van der Waals surface area contributed by atoms with Gasteiger partial charge < -0.3 is 14.4 Å². The number of quaternary nitrogens is 1. The van der Waals surface area contributed by atoms with Crippen molar-refractivity contribution in [2.75, 3.05) is 32.1 Å². The summed E-state index contributed by atoms with van der Waals surface area (Å²) in [6, 6.07) is 5.90. The molecule has 4 aromatic heterocycles. The monoisotopic (exact) mass is 492 g/mol. The number of nitrogens with zero attached hydrogens (tertiary/aromatic N) is 9. The van der Waals surface area contributed by atoms with Gasteiger partial charge >= 0.3 is 5.95 Å². The molecule has 4 aromatic rings. The van der Waals surface area contributed by atoms with Crippen LogP contribution in [0.15, 0.2) is 43.2 Å². The van der Waals surface area contributed by atoms with E-state index in [4.69, 9.17) is 0 Å². The van der Waals surface area contributed by atoms with Crippen molar-refractivity contribution in [3.63, 3.8) is 0 Å². The number of anilines is 1. The van der Waals surface area contributed by atoms with Crippen molar-refractivity contribution in [1.82, 2.24) is 38.6 Å². The van der Waals surface area contributed by atoms with Gasteiger partial charge in [-0.05, 0) is 18.6 Å². The number of aromatic amines is 1. The average Bonchev–Trinajstić information content (AvgIpc) is 3.63. The summed E-state index contributed by atoms with van der Waals surface area (Å²) in [6.45, 7) is 1.41. The minimum atomic E-state index is -2.41. The molecule has 0 aromatic carbocycles. The van der Waals surface area contributed by atoms with E-state index < -0.39 is 15.2 Å². The normalized spacial score (nSPS) is 18.0. The highest BCUT2D eigenvalue weighted by Crippen LogP contribution is 2.34. The molecular weight excluding hydrogens is 468 g/mol. The number of nitriles is 1. The second kappa shape index (κ2) is 9.14. The smallest absolute Gasteiger partial charge is 0.343 e. The molecule has 0 aliphatic carbocycles. The fourth-order valence-electron chi connectivity index (χ4n) is 4.46. The Morgan fingerprint density at radius 1 is 1.34 bits per heavy atom. The summed E-state index contributed by atoms with van der Waals surface area (Å²) >= 11 is -2.41. The van der Waals surface area contributed by atoms with E-state index >= 15 is 0 Å². The Labute approximate surface area is 204 Å². The summed E-state index contributed by atoms with van der Waals surface area (Å²) in [5.74, 6) is 1.03. The van der Waals surface area contributed by atoms with Gasteiger partial charge in [-0.3, -0.25) is 4.68 Å². The number of nitrogens with one attached hydrogen (secondary N) is 1. The molecule has 180 valence electrons. The summed E-state index contributed by atoms with van der Waals surface area (Å²) in [4.78, 5) is 22.5. The molecule has 3 atom stereocenters. The van der Waals surface area contributed by atoms with Crippen LogP contribution in [0.1, 0.15) is 18.9 Å². The molecule has 13 heteroatoms. The van der Waals surface area contributed by atoms with Crippen molar-refractivity contribution in [3.05, 3.63) is 43.2 Å². The highest BCUT2D eigenvalue weighted by Gasteiger charge is 2.33. The Morgan fingerprint density at radius 2 is 2.20 bits per heavy atom. The van der Waals surface area contributed by atoms with Gasteiger partial charge in [-0.15, -0.1) is 0 Å². The molecule has 5 heterocycles. The number of rotatable bonds is 7. The first-order valence-corrected chi connectivity index (χ1v) is 12.1. The molecule has 0 spiro atoms. The number of hydrogen-bond acceptors (Lipinski definition) is 9. The van der Waals surface area contributed by atoms with Gasteiger partial charge in [0.2, 0.25) is 0 Å². The van der Waals surface area contributed by atoms with Crippen molar-refractivity contribution >= 4 is 34.1 Å². The molecule has 1 saturated heterocycles. The Hall–Kier alpha value is -3.73. The van der Waals surface area contributed by atoms with Crippen LogP contribution in [0.3, 0.4) is 0 Å². The third-order valence-electron chi connectivity index (χ3n) is 6.44. The summed E-state index contributed by atoms with van der Waals surface area (Å²) in [5, 5.41) is 15.0. The fourth-order valence-corrected chi connectivity index (χ4v) is 4.69. The lowest BCUT2D eigenvalue weighted by molar-refractivity contribution is 0.332. The zero-order chi connectivity index (χ0) is 24.6. The molecule has 5 rings (SSSR count). The van der Waals surface area contributed by atoms with E-state index in [0.717, 1.165) is 35.3 Å². The molecule has 1 N–H and O–H groups in total. The van der Waals surface area contributed by atoms with Gasteiger partial charge in [-0.1, -0.05) is 0 Å². The van der Waals surface area contributed by atoms with Gasteiger partial charge in [-0.25, -0.2) is 14.2 Å². The van der Waals surface area contributed by atoms with Crippen LogP contribution in [0, 0.1) is 17.2 Å². The molecule has 3 unspecified atom stereocenters. The van der Waals surface area contributed by atoms with E-state index in [1.54, 1.807) is 18.5 Å². The second-order valence-corrected chi connectivity index (χ2v) is 10.2. The van der Waals surface area contributed by atoms with Gasteiger partial charge in [0.1, 0.15) is 17.8 Å². The van der Waals surface area contributed by atoms with Crippen LogP contribution in [-0.2, 0) is 11.3 Å². The van der Waals surface area contributed by atoms with Crippen LogP contribution in [-0.4, -0.2) is 70.6 Å². The standard InChI is InChI=1S/C22H24N10O2S/c1-32(2,35(33)34)22-25-9-5-19(29-22)30-10-6-15(12-30)18(3-7-23)31-13-16(11-28-31)20-17-4-8-24-21(17)27-14-26-20/h4-5,8-9,11,13-15,18H,3,6,10,12H2,1-2H3,(H-,24,26,27,33,34). The van der Waals surface area contributed by atoms with E-state index in [2.05, 4.69) is 41.0 Å². The maximum atomic E-state index is 11.6. The molecule has 1 aliphatic heterocycles. The zero-order valence-electron chi connectivity index (χ0n) is 19.3. The van der Waals surface area contributed by atoms with E-state index in [9.17, 15) is 14.0 Å². The zero-order valence-corrected chi connectivity index (χ0v) is 20.1. The van der Waals surface area contributed by atoms with E-state index in [0.29, 0.717) is 18.8 Å². The number of fused-ring (bicyclic) bond motifs is 1. The minimum Gasteiger partial charge on any atom is -0.724 e. The second-order valence-electron chi connectivity index (χ2n) is 8.88. The van der Waals surface area contributed by atoms with Gasteiger partial charge in [0.25, 0.3) is 0 Å². The van der Waals surface area contributed by atoms with Crippen LogP contribution in [0.5, 0.6) is 0 Å². The van der Waals surface area contributed by atoms with E-state index in [1.165, 1.54) is 20.4 Å². The topological polar surface area (TPSA) is 152 Å². The van der Waals surface area contributed by atoms with Gasteiger partial charge in [0.15, 0.2) is 11.3 Å². The number of hydrogen-bond donors (Lipinski definition) is 1. The predicted octanol–water partition coefficient (Wildman–Crippen LogP) is 1.95. The maximum Gasteiger partial charge on any atom is 0.343 e. The van der Waals surface area contributed by atoms with Crippen LogP contribution in [0.2, 0.25) is 0 Å².